The summed E-state index contributed by atoms with van der Waals surface area (Å²) in [6.07, 6.45) is 6.52. The molecule has 0 N–H and O–H groups in total. The molecule has 298 valence electrons. The van der Waals surface area contributed by atoms with Crippen molar-refractivity contribution in [3.05, 3.63) is 223 Å². The van der Waals surface area contributed by atoms with E-state index in [9.17, 15) is 0 Å². The molecule has 4 unspecified atom stereocenters. The molecular weight excluding hydrogens is 747 g/mol. The van der Waals surface area contributed by atoms with Gasteiger partial charge in [-0.3, -0.25) is 0 Å². The summed E-state index contributed by atoms with van der Waals surface area (Å²) < 4.78 is 0. The Labute approximate surface area is 365 Å². The van der Waals surface area contributed by atoms with Crippen LogP contribution in [0.15, 0.2) is 212 Å². The van der Waals surface area contributed by atoms with Crippen molar-refractivity contribution in [3.63, 3.8) is 0 Å². The van der Waals surface area contributed by atoms with Crippen molar-refractivity contribution in [2.24, 2.45) is 17.8 Å². The van der Waals surface area contributed by atoms with Crippen LogP contribution in [-0.4, -0.2) is 0 Å². The maximum absolute atomic E-state index is 2.72. The van der Waals surface area contributed by atoms with Crippen molar-refractivity contribution < 1.29 is 0 Å². The third-order valence-corrected chi connectivity index (χ3v) is 14.7. The largest absolute Gasteiger partial charge is 0.310 e. The van der Waals surface area contributed by atoms with Gasteiger partial charge in [-0.2, -0.15) is 0 Å². The first-order valence-corrected chi connectivity index (χ1v) is 22.5. The minimum absolute atomic E-state index is 0.186. The number of nitrogens with zero attached hydrogens (tertiary/aromatic N) is 1. The van der Waals surface area contributed by atoms with E-state index in [0.29, 0.717) is 17.8 Å². The monoisotopic (exact) mass is 795 g/mol. The molecule has 0 radical (unpaired) electrons. The lowest BCUT2D eigenvalue weighted by Crippen LogP contribution is -2.42. The average molecular weight is 796 g/mol. The second kappa shape index (κ2) is 14.6. The van der Waals surface area contributed by atoms with Crippen LogP contribution in [0.3, 0.4) is 0 Å². The zero-order chi connectivity index (χ0) is 41.4. The van der Waals surface area contributed by atoms with Crippen LogP contribution in [0.2, 0.25) is 0 Å². The lowest BCUT2D eigenvalue weighted by atomic mass is 9.55. The van der Waals surface area contributed by atoms with Crippen LogP contribution in [-0.2, 0) is 5.41 Å². The van der Waals surface area contributed by atoms with E-state index in [0.717, 1.165) is 11.4 Å². The summed E-state index contributed by atoms with van der Waals surface area (Å²) in [5.41, 5.74) is 17.9. The van der Waals surface area contributed by atoms with Gasteiger partial charge in [0.25, 0.3) is 0 Å². The molecule has 1 heteroatoms. The summed E-state index contributed by atoms with van der Waals surface area (Å²) in [6.45, 7) is 4.91. The van der Waals surface area contributed by atoms with E-state index in [-0.39, 0.29) is 5.41 Å². The van der Waals surface area contributed by atoms with Crippen LogP contribution in [0.25, 0.3) is 66.1 Å². The fourth-order valence-electron chi connectivity index (χ4n) is 11.9. The Hall–Kier alpha value is -6.96. The third-order valence-electron chi connectivity index (χ3n) is 14.7. The van der Waals surface area contributed by atoms with E-state index in [1.54, 1.807) is 5.57 Å². The second-order valence-electron chi connectivity index (χ2n) is 18.3. The normalized spacial score (nSPS) is 19.9. The zero-order valence-corrected chi connectivity index (χ0v) is 35.4. The fourth-order valence-corrected chi connectivity index (χ4v) is 11.9. The summed E-state index contributed by atoms with van der Waals surface area (Å²) in [6, 6.07) is 74.9. The van der Waals surface area contributed by atoms with Crippen LogP contribution >= 0.6 is 0 Å². The Morgan fingerprint density at radius 3 is 1.73 bits per heavy atom. The quantitative estimate of drug-likeness (QED) is 0.152. The SMILES string of the molecule is CC1=CC2(c3ccccc3-c3cc(-c4cccc5ccccc45)c(N(c4ccc(-c5ccccc5)cc4)c4ccc(-c5cccc6ccccc56)cc4)cc32)C2CC(C)CC1C2. The third kappa shape index (κ3) is 5.82. The number of hydrogen-bond acceptors (Lipinski definition) is 1. The van der Waals surface area contributed by atoms with Gasteiger partial charge in [0.15, 0.2) is 0 Å². The van der Waals surface area contributed by atoms with Crippen LogP contribution in [0.5, 0.6) is 0 Å². The Morgan fingerprint density at radius 1 is 0.435 bits per heavy atom. The van der Waals surface area contributed by atoms with E-state index in [1.165, 1.54) is 102 Å². The highest BCUT2D eigenvalue weighted by molar-refractivity contribution is 6.04. The predicted octanol–water partition coefficient (Wildman–Crippen LogP) is 16.7. The first-order valence-electron chi connectivity index (χ1n) is 22.5. The Bertz CT molecular complexity index is 3180. The molecule has 3 aliphatic carbocycles. The van der Waals surface area contributed by atoms with Gasteiger partial charge in [0.1, 0.15) is 0 Å². The number of rotatable bonds is 6. The lowest BCUT2D eigenvalue weighted by molar-refractivity contribution is 0.168. The molecule has 1 spiro atoms. The van der Waals surface area contributed by atoms with Gasteiger partial charge in [0.05, 0.1) is 5.69 Å². The molecule has 3 aliphatic rings. The van der Waals surface area contributed by atoms with Crippen molar-refractivity contribution in [3.8, 4) is 44.5 Å². The molecule has 0 aromatic heterocycles. The molecule has 9 aromatic rings. The molecular formula is C61H49N. The zero-order valence-electron chi connectivity index (χ0n) is 35.4. The molecule has 1 fully saturated rings. The van der Waals surface area contributed by atoms with Crippen LogP contribution in [0.1, 0.15) is 44.2 Å². The first-order chi connectivity index (χ1) is 30.5. The summed E-state index contributed by atoms with van der Waals surface area (Å²) in [7, 11) is 0. The summed E-state index contributed by atoms with van der Waals surface area (Å²) in [5, 5.41) is 5.04. The summed E-state index contributed by atoms with van der Waals surface area (Å²) in [4.78, 5) is 2.54. The topological polar surface area (TPSA) is 3.24 Å². The second-order valence-corrected chi connectivity index (χ2v) is 18.3. The van der Waals surface area contributed by atoms with Crippen LogP contribution < -0.4 is 4.90 Å². The summed E-state index contributed by atoms with van der Waals surface area (Å²) in [5.74, 6) is 1.90. The van der Waals surface area contributed by atoms with Crippen LogP contribution in [0, 0.1) is 17.8 Å². The van der Waals surface area contributed by atoms with Gasteiger partial charge in [-0.1, -0.05) is 182 Å². The molecule has 2 bridgehead atoms. The van der Waals surface area contributed by atoms with E-state index in [4.69, 9.17) is 0 Å². The summed E-state index contributed by atoms with van der Waals surface area (Å²) >= 11 is 0. The van der Waals surface area contributed by atoms with Crippen LogP contribution in [0.4, 0.5) is 17.1 Å². The molecule has 9 aromatic carbocycles. The van der Waals surface area contributed by atoms with Gasteiger partial charge in [0, 0.05) is 22.4 Å². The fraction of sp³-hybridized carbons (Fsp3) is 0.148. The molecule has 1 saturated carbocycles. The Kier molecular flexibility index (Phi) is 8.68. The smallest absolute Gasteiger partial charge is 0.0543 e. The maximum atomic E-state index is 2.72. The van der Waals surface area contributed by atoms with Gasteiger partial charge in [0.2, 0.25) is 0 Å². The van der Waals surface area contributed by atoms with E-state index in [2.05, 4.69) is 225 Å². The highest BCUT2D eigenvalue weighted by Gasteiger charge is 2.52. The lowest BCUT2D eigenvalue weighted by Gasteiger charge is -2.49. The predicted molar refractivity (Wildman–Crippen MR) is 262 cm³/mol. The minimum atomic E-state index is -0.186. The van der Waals surface area contributed by atoms with E-state index >= 15 is 0 Å². The van der Waals surface area contributed by atoms with Gasteiger partial charge in [-0.05, 0) is 152 Å². The number of hydrogen-bond donors (Lipinski definition) is 0. The van der Waals surface area contributed by atoms with E-state index in [1.807, 2.05) is 0 Å². The molecule has 1 nitrogen and oxygen atoms in total. The molecule has 0 amide bonds. The van der Waals surface area contributed by atoms with Gasteiger partial charge >= 0.3 is 0 Å². The van der Waals surface area contributed by atoms with Crippen molar-refractivity contribution in [2.45, 2.75) is 38.5 Å². The first kappa shape index (κ1) is 36.9. The highest BCUT2D eigenvalue weighted by Crippen LogP contribution is 2.63. The molecule has 12 rings (SSSR count). The van der Waals surface area contributed by atoms with Crippen molar-refractivity contribution in [1.82, 2.24) is 0 Å². The highest BCUT2D eigenvalue weighted by atomic mass is 15.1. The molecule has 62 heavy (non-hydrogen) atoms. The standard InChI is InChI=1S/C61H49N/c1-40-34-47-36-48(35-40)61(39-41(47)2)58-25-11-10-22-55(58)56-37-57(54-24-13-19-45-17-7-9-21-53(45)54)60(38-59(56)61)62(49-30-26-43(27-31-49)42-14-4-3-5-15-42)50-32-28-46(29-33-50)52-23-12-18-44-16-6-8-20-51(44)52/h3-33,37-40,47-48H,34-36H2,1-2H3. The number of fused-ring (bicyclic) bond motifs is 10. The molecule has 0 heterocycles. The number of anilines is 3. The van der Waals surface area contributed by atoms with Crippen molar-refractivity contribution in [2.75, 3.05) is 4.90 Å². The number of allylic oxidation sites excluding steroid dienone is 2. The van der Waals surface area contributed by atoms with E-state index < -0.39 is 0 Å². The molecule has 0 saturated heterocycles. The van der Waals surface area contributed by atoms with Crippen molar-refractivity contribution in [1.29, 1.82) is 0 Å². The molecule has 4 atom stereocenters. The Morgan fingerprint density at radius 2 is 1.00 bits per heavy atom. The Balaban J connectivity index is 1.13. The maximum Gasteiger partial charge on any atom is 0.0543 e. The van der Waals surface area contributed by atoms with Gasteiger partial charge < -0.3 is 4.90 Å². The van der Waals surface area contributed by atoms with Crippen molar-refractivity contribution >= 4 is 38.6 Å². The molecule has 0 aliphatic heterocycles. The number of benzene rings is 9. The van der Waals surface area contributed by atoms with Gasteiger partial charge in [-0.25, -0.2) is 0 Å². The van der Waals surface area contributed by atoms with Gasteiger partial charge in [-0.15, -0.1) is 0 Å². The average Bonchev–Trinajstić information content (AvgIpc) is 3.59. The minimum Gasteiger partial charge on any atom is -0.310 e.